The Bertz CT molecular complexity index is 1140. The maximum Gasteiger partial charge on any atom is 0.345 e. The lowest BCUT2D eigenvalue weighted by atomic mass is 10.2. The number of methoxy groups -OCH3 is 2. The third kappa shape index (κ3) is 3.87. The van der Waals surface area contributed by atoms with Gasteiger partial charge in [0.05, 0.1) is 37.0 Å². The average molecular weight is 491 g/mol. The van der Waals surface area contributed by atoms with Crippen molar-refractivity contribution in [1.29, 1.82) is 0 Å². The maximum absolute atomic E-state index is 11.8. The van der Waals surface area contributed by atoms with E-state index in [1.165, 1.54) is 11.8 Å². The van der Waals surface area contributed by atoms with Gasteiger partial charge in [-0.25, -0.2) is 9.78 Å². The molecule has 7 nitrogen and oxygen atoms in total. The Kier molecular flexibility index (Phi) is 5.92. The molecule has 0 fully saturated rings. The first-order chi connectivity index (χ1) is 14.5. The highest BCUT2D eigenvalue weighted by molar-refractivity contribution is 9.10. The number of thioether (sulfide) groups is 1. The number of allylic oxidation sites excluding steroid dienone is 1. The van der Waals surface area contributed by atoms with E-state index < -0.39 is 5.97 Å². The van der Waals surface area contributed by atoms with Crippen molar-refractivity contribution >= 4 is 44.7 Å². The molecule has 1 aliphatic rings. The Morgan fingerprint density at radius 2 is 2.00 bits per heavy atom. The predicted octanol–water partition coefficient (Wildman–Crippen LogP) is 4.96. The number of rotatable bonds is 7. The SMILES string of the molecule is COc1cc2ncn(C3CC(OCc4ccccc4Br)=C(C(=O)O)S3)c2cc1OC. The van der Waals surface area contributed by atoms with E-state index in [1.54, 1.807) is 26.6 Å². The second-order valence-corrected chi connectivity index (χ2v) is 8.60. The van der Waals surface area contributed by atoms with Crippen molar-refractivity contribution in [3.05, 3.63) is 63.4 Å². The summed E-state index contributed by atoms with van der Waals surface area (Å²) in [4.78, 5) is 16.5. The van der Waals surface area contributed by atoms with Gasteiger partial charge in [0, 0.05) is 28.6 Å². The summed E-state index contributed by atoms with van der Waals surface area (Å²) in [5, 5.41) is 9.50. The van der Waals surface area contributed by atoms with Crippen LogP contribution in [0.15, 0.2) is 57.9 Å². The molecule has 1 aromatic heterocycles. The molecule has 1 atom stereocenters. The zero-order chi connectivity index (χ0) is 21.3. The molecule has 1 unspecified atom stereocenters. The van der Waals surface area contributed by atoms with Gasteiger partial charge >= 0.3 is 5.97 Å². The van der Waals surface area contributed by atoms with Crippen LogP contribution < -0.4 is 9.47 Å². The number of halogens is 1. The summed E-state index contributed by atoms with van der Waals surface area (Å²) in [6.07, 6.45) is 2.15. The van der Waals surface area contributed by atoms with Gasteiger partial charge in [0.1, 0.15) is 17.3 Å². The number of benzene rings is 2. The van der Waals surface area contributed by atoms with Crippen LogP contribution >= 0.6 is 27.7 Å². The highest BCUT2D eigenvalue weighted by Crippen LogP contribution is 2.47. The Morgan fingerprint density at radius 1 is 1.27 bits per heavy atom. The number of carboxylic acid groups (broad SMARTS) is 1. The summed E-state index contributed by atoms with van der Waals surface area (Å²) in [7, 11) is 3.15. The van der Waals surface area contributed by atoms with Gasteiger partial charge in [0.25, 0.3) is 0 Å². The molecule has 4 rings (SSSR count). The van der Waals surface area contributed by atoms with Gasteiger partial charge in [-0.15, -0.1) is 0 Å². The predicted molar refractivity (Wildman–Crippen MR) is 118 cm³/mol. The van der Waals surface area contributed by atoms with E-state index in [-0.39, 0.29) is 16.9 Å². The van der Waals surface area contributed by atoms with Crippen molar-refractivity contribution in [3.8, 4) is 11.5 Å². The lowest BCUT2D eigenvalue weighted by Crippen LogP contribution is -2.03. The number of carboxylic acids is 1. The van der Waals surface area contributed by atoms with Crippen LogP contribution in [-0.2, 0) is 16.1 Å². The Hall–Kier alpha value is -2.65. The molecule has 0 radical (unpaired) electrons. The van der Waals surface area contributed by atoms with Gasteiger partial charge in [0.2, 0.25) is 0 Å². The van der Waals surface area contributed by atoms with E-state index in [4.69, 9.17) is 14.2 Å². The first-order valence-corrected chi connectivity index (χ1v) is 10.8. The quantitative estimate of drug-likeness (QED) is 0.500. The van der Waals surface area contributed by atoms with Crippen LogP contribution in [0.25, 0.3) is 11.0 Å². The minimum atomic E-state index is -0.992. The monoisotopic (exact) mass is 490 g/mol. The number of fused-ring (bicyclic) bond motifs is 1. The minimum absolute atomic E-state index is 0.187. The second kappa shape index (κ2) is 8.61. The molecule has 0 aliphatic carbocycles. The molecule has 1 aliphatic heterocycles. The largest absolute Gasteiger partial charge is 0.493 e. The van der Waals surface area contributed by atoms with Crippen molar-refractivity contribution in [2.75, 3.05) is 14.2 Å². The van der Waals surface area contributed by atoms with E-state index in [1.807, 2.05) is 34.9 Å². The maximum atomic E-state index is 11.8. The Labute approximate surface area is 185 Å². The van der Waals surface area contributed by atoms with Crippen LogP contribution in [0, 0.1) is 0 Å². The summed E-state index contributed by atoms with van der Waals surface area (Å²) in [5.41, 5.74) is 2.53. The first kappa shape index (κ1) is 20.6. The summed E-state index contributed by atoms with van der Waals surface area (Å²) in [6, 6.07) is 11.4. The summed E-state index contributed by atoms with van der Waals surface area (Å²) >= 11 is 4.75. The molecular formula is C21H19BrN2O5S. The van der Waals surface area contributed by atoms with E-state index in [9.17, 15) is 9.90 Å². The number of aromatic nitrogens is 2. The van der Waals surface area contributed by atoms with Gasteiger partial charge in [-0.3, -0.25) is 0 Å². The molecule has 30 heavy (non-hydrogen) atoms. The van der Waals surface area contributed by atoms with Crippen molar-refractivity contribution in [1.82, 2.24) is 9.55 Å². The average Bonchev–Trinajstić information content (AvgIpc) is 3.35. The smallest absolute Gasteiger partial charge is 0.345 e. The normalized spacial score (nSPS) is 16.2. The molecule has 9 heteroatoms. The van der Waals surface area contributed by atoms with E-state index >= 15 is 0 Å². The van der Waals surface area contributed by atoms with Crippen LogP contribution in [0.1, 0.15) is 17.4 Å². The van der Waals surface area contributed by atoms with Crippen molar-refractivity contribution < 1.29 is 24.1 Å². The van der Waals surface area contributed by atoms with Crippen molar-refractivity contribution in [2.24, 2.45) is 0 Å². The summed E-state index contributed by atoms with van der Waals surface area (Å²) in [6.45, 7) is 0.288. The van der Waals surface area contributed by atoms with Crippen LogP contribution in [0.4, 0.5) is 0 Å². The molecule has 0 spiro atoms. The second-order valence-electron chi connectivity index (χ2n) is 6.56. The molecule has 0 saturated heterocycles. The third-order valence-electron chi connectivity index (χ3n) is 4.81. The standard InChI is InChI=1S/C21H19BrN2O5S/c1-27-16-7-14-15(8-17(16)28-2)24(11-23-14)19-9-18(20(30-19)21(25)26)29-10-12-5-3-4-6-13(12)22/h3-8,11,19H,9-10H2,1-2H3,(H,25,26). The van der Waals surface area contributed by atoms with Crippen molar-refractivity contribution in [3.63, 3.8) is 0 Å². The lowest BCUT2D eigenvalue weighted by Gasteiger charge is -2.14. The molecule has 1 N–H and O–H groups in total. The minimum Gasteiger partial charge on any atom is -0.493 e. The van der Waals surface area contributed by atoms with Gasteiger partial charge in [-0.2, -0.15) is 0 Å². The Morgan fingerprint density at radius 3 is 2.70 bits per heavy atom. The first-order valence-electron chi connectivity index (χ1n) is 9.09. The lowest BCUT2D eigenvalue weighted by molar-refractivity contribution is -0.132. The Balaban J connectivity index is 1.60. The number of imidazole rings is 1. The molecule has 0 amide bonds. The molecule has 0 bridgehead atoms. The zero-order valence-electron chi connectivity index (χ0n) is 16.3. The molecule has 3 aromatic rings. The highest BCUT2D eigenvalue weighted by Gasteiger charge is 2.33. The topological polar surface area (TPSA) is 82.8 Å². The number of aliphatic carboxylic acids is 1. The van der Waals surface area contributed by atoms with Crippen LogP contribution in [0.2, 0.25) is 0 Å². The number of hydrogen-bond donors (Lipinski definition) is 1. The molecule has 2 heterocycles. The molecular weight excluding hydrogens is 472 g/mol. The summed E-state index contributed by atoms with van der Waals surface area (Å²) in [5.74, 6) is 0.659. The van der Waals surface area contributed by atoms with E-state index in [0.29, 0.717) is 23.7 Å². The van der Waals surface area contributed by atoms with Gasteiger partial charge in [-0.1, -0.05) is 45.9 Å². The molecule has 0 saturated carbocycles. The van der Waals surface area contributed by atoms with Gasteiger partial charge in [-0.05, 0) is 6.07 Å². The highest BCUT2D eigenvalue weighted by atomic mass is 79.9. The van der Waals surface area contributed by atoms with Crippen molar-refractivity contribution in [2.45, 2.75) is 18.4 Å². The van der Waals surface area contributed by atoms with E-state index in [2.05, 4.69) is 20.9 Å². The van der Waals surface area contributed by atoms with Crippen LogP contribution in [0.3, 0.4) is 0 Å². The van der Waals surface area contributed by atoms with Gasteiger partial charge < -0.3 is 23.9 Å². The molecule has 156 valence electrons. The fourth-order valence-electron chi connectivity index (χ4n) is 3.31. The number of nitrogens with zero attached hydrogens (tertiary/aromatic N) is 2. The van der Waals surface area contributed by atoms with Crippen LogP contribution in [0.5, 0.6) is 11.5 Å². The molecule has 2 aromatic carbocycles. The van der Waals surface area contributed by atoms with Gasteiger partial charge in [0.15, 0.2) is 11.5 Å². The van der Waals surface area contributed by atoms with Crippen LogP contribution in [-0.4, -0.2) is 34.8 Å². The zero-order valence-corrected chi connectivity index (χ0v) is 18.7. The van der Waals surface area contributed by atoms with E-state index in [0.717, 1.165) is 21.1 Å². The number of carbonyl (C=O) groups is 1. The number of hydrogen-bond acceptors (Lipinski definition) is 6. The fourth-order valence-corrected chi connectivity index (χ4v) is 4.87. The number of ether oxygens (including phenoxy) is 3. The summed E-state index contributed by atoms with van der Waals surface area (Å²) < 4.78 is 19.5. The third-order valence-corrected chi connectivity index (χ3v) is 6.89. The fraction of sp³-hybridized carbons (Fsp3) is 0.238.